The SMILES string of the molecule is Cc1ccc(CN(C)Cc2cnc(N)cn2)cc1. The number of aromatic nitrogens is 2. The van der Waals surface area contributed by atoms with Gasteiger partial charge in [0.05, 0.1) is 18.1 Å². The number of rotatable bonds is 4. The van der Waals surface area contributed by atoms with Gasteiger partial charge < -0.3 is 5.73 Å². The standard InChI is InChI=1S/C14H18N4/c1-11-3-5-12(6-4-11)9-18(2)10-13-7-17-14(15)8-16-13/h3-8H,9-10H2,1-2H3,(H2,15,17). The van der Waals surface area contributed by atoms with Crippen molar-refractivity contribution in [3.8, 4) is 0 Å². The normalized spacial score (nSPS) is 10.8. The maximum atomic E-state index is 5.51. The zero-order valence-corrected chi connectivity index (χ0v) is 10.8. The van der Waals surface area contributed by atoms with Crippen LogP contribution in [0.4, 0.5) is 5.82 Å². The first-order chi connectivity index (χ1) is 8.63. The number of hydrogen-bond acceptors (Lipinski definition) is 4. The van der Waals surface area contributed by atoms with Crippen LogP contribution in [0.15, 0.2) is 36.7 Å². The third-order valence-electron chi connectivity index (χ3n) is 2.73. The summed E-state index contributed by atoms with van der Waals surface area (Å²) in [6.07, 6.45) is 3.32. The summed E-state index contributed by atoms with van der Waals surface area (Å²) in [4.78, 5) is 10.5. The van der Waals surface area contributed by atoms with E-state index in [4.69, 9.17) is 5.73 Å². The van der Waals surface area contributed by atoms with Crippen molar-refractivity contribution in [2.45, 2.75) is 20.0 Å². The molecule has 0 bridgehead atoms. The third-order valence-corrected chi connectivity index (χ3v) is 2.73. The van der Waals surface area contributed by atoms with E-state index in [9.17, 15) is 0 Å². The molecule has 2 N–H and O–H groups in total. The average Bonchev–Trinajstić information content (AvgIpc) is 2.35. The number of nitrogen functional groups attached to an aromatic ring is 1. The van der Waals surface area contributed by atoms with Crippen LogP contribution in [-0.2, 0) is 13.1 Å². The van der Waals surface area contributed by atoms with Crippen LogP contribution in [0.2, 0.25) is 0 Å². The summed E-state index contributed by atoms with van der Waals surface area (Å²) >= 11 is 0. The van der Waals surface area contributed by atoms with Crippen LogP contribution in [0, 0.1) is 6.92 Å². The largest absolute Gasteiger partial charge is 0.382 e. The van der Waals surface area contributed by atoms with Gasteiger partial charge in [0.25, 0.3) is 0 Å². The minimum atomic E-state index is 0.458. The lowest BCUT2D eigenvalue weighted by molar-refractivity contribution is 0.314. The van der Waals surface area contributed by atoms with E-state index in [2.05, 4.69) is 53.1 Å². The van der Waals surface area contributed by atoms with Crippen LogP contribution in [-0.4, -0.2) is 21.9 Å². The van der Waals surface area contributed by atoms with Crippen molar-refractivity contribution in [3.63, 3.8) is 0 Å². The minimum absolute atomic E-state index is 0.458. The summed E-state index contributed by atoms with van der Waals surface area (Å²) in [5.74, 6) is 0.458. The minimum Gasteiger partial charge on any atom is -0.382 e. The van der Waals surface area contributed by atoms with Crippen molar-refractivity contribution in [1.82, 2.24) is 14.9 Å². The number of benzene rings is 1. The summed E-state index contributed by atoms with van der Waals surface area (Å²) < 4.78 is 0. The molecular formula is C14H18N4. The molecule has 0 saturated carbocycles. The van der Waals surface area contributed by atoms with Crippen molar-refractivity contribution in [2.75, 3.05) is 12.8 Å². The summed E-state index contributed by atoms with van der Waals surface area (Å²) in [6, 6.07) is 8.57. The van der Waals surface area contributed by atoms with Crippen molar-refractivity contribution in [2.24, 2.45) is 0 Å². The Morgan fingerprint density at radius 1 is 1.06 bits per heavy atom. The molecule has 1 heterocycles. The van der Waals surface area contributed by atoms with Gasteiger partial charge in [0.1, 0.15) is 5.82 Å². The highest BCUT2D eigenvalue weighted by Gasteiger charge is 2.03. The van der Waals surface area contributed by atoms with Gasteiger partial charge in [-0.15, -0.1) is 0 Å². The smallest absolute Gasteiger partial charge is 0.141 e. The number of anilines is 1. The zero-order valence-electron chi connectivity index (χ0n) is 10.8. The predicted molar refractivity (Wildman–Crippen MR) is 72.8 cm³/mol. The van der Waals surface area contributed by atoms with Crippen molar-refractivity contribution >= 4 is 5.82 Å². The van der Waals surface area contributed by atoms with Crippen LogP contribution in [0.25, 0.3) is 0 Å². The maximum absolute atomic E-state index is 5.51. The quantitative estimate of drug-likeness (QED) is 0.891. The third kappa shape index (κ3) is 3.53. The topological polar surface area (TPSA) is 55.0 Å². The summed E-state index contributed by atoms with van der Waals surface area (Å²) in [6.45, 7) is 3.75. The van der Waals surface area contributed by atoms with Crippen LogP contribution in [0.3, 0.4) is 0 Å². The monoisotopic (exact) mass is 242 g/mol. The molecular weight excluding hydrogens is 224 g/mol. The Morgan fingerprint density at radius 2 is 1.78 bits per heavy atom. The molecule has 0 aliphatic rings. The molecule has 0 atom stereocenters. The second kappa shape index (κ2) is 5.60. The van der Waals surface area contributed by atoms with Gasteiger partial charge in [-0.05, 0) is 19.5 Å². The van der Waals surface area contributed by atoms with Crippen LogP contribution >= 0.6 is 0 Å². The molecule has 0 spiro atoms. The fourth-order valence-electron chi connectivity index (χ4n) is 1.78. The Bertz CT molecular complexity index is 443. The Morgan fingerprint density at radius 3 is 2.39 bits per heavy atom. The molecule has 0 aliphatic heterocycles. The average molecular weight is 242 g/mol. The van der Waals surface area contributed by atoms with Gasteiger partial charge >= 0.3 is 0 Å². The second-order valence-corrected chi connectivity index (χ2v) is 4.59. The molecule has 0 unspecified atom stereocenters. The molecule has 4 heteroatoms. The van der Waals surface area contributed by atoms with Crippen LogP contribution in [0.5, 0.6) is 0 Å². The van der Waals surface area contributed by atoms with Gasteiger partial charge in [-0.2, -0.15) is 0 Å². The van der Waals surface area contributed by atoms with E-state index < -0.39 is 0 Å². The molecule has 1 aromatic heterocycles. The van der Waals surface area contributed by atoms with Gasteiger partial charge in [0.15, 0.2) is 0 Å². The summed E-state index contributed by atoms with van der Waals surface area (Å²) in [5, 5.41) is 0. The Balaban J connectivity index is 1.94. The van der Waals surface area contributed by atoms with Crippen LogP contribution < -0.4 is 5.73 Å². The van der Waals surface area contributed by atoms with E-state index in [0.717, 1.165) is 18.8 Å². The van der Waals surface area contributed by atoms with E-state index in [1.165, 1.54) is 11.1 Å². The van der Waals surface area contributed by atoms with Crippen molar-refractivity contribution < 1.29 is 0 Å². The molecule has 94 valence electrons. The van der Waals surface area contributed by atoms with Gasteiger partial charge in [0, 0.05) is 13.1 Å². The lowest BCUT2D eigenvalue weighted by Crippen LogP contribution is -2.18. The number of hydrogen-bond donors (Lipinski definition) is 1. The fourth-order valence-corrected chi connectivity index (χ4v) is 1.78. The Hall–Kier alpha value is -1.94. The van der Waals surface area contributed by atoms with Gasteiger partial charge in [-0.25, -0.2) is 4.98 Å². The molecule has 0 fully saturated rings. The molecule has 18 heavy (non-hydrogen) atoms. The number of aryl methyl sites for hydroxylation is 1. The molecule has 0 radical (unpaired) electrons. The molecule has 0 aliphatic carbocycles. The van der Waals surface area contributed by atoms with Gasteiger partial charge in [0.2, 0.25) is 0 Å². The van der Waals surface area contributed by atoms with E-state index in [1.807, 2.05) is 0 Å². The number of nitrogens with zero attached hydrogens (tertiary/aromatic N) is 3. The number of nitrogens with two attached hydrogens (primary N) is 1. The van der Waals surface area contributed by atoms with Crippen LogP contribution in [0.1, 0.15) is 16.8 Å². The summed E-state index contributed by atoms with van der Waals surface area (Å²) in [7, 11) is 2.07. The lowest BCUT2D eigenvalue weighted by atomic mass is 10.1. The fraction of sp³-hybridized carbons (Fsp3) is 0.286. The molecule has 0 amide bonds. The van der Waals surface area contributed by atoms with Gasteiger partial charge in [-0.3, -0.25) is 9.88 Å². The maximum Gasteiger partial charge on any atom is 0.141 e. The zero-order chi connectivity index (χ0) is 13.0. The molecule has 2 aromatic rings. The molecule has 0 saturated heterocycles. The molecule has 4 nitrogen and oxygen atoms in total. The van der Waals surface area contributed by atoms with E-state index in [0.29, 0.717) is 5.82 Å². The highest BCUT2D eigenvalue weighted by molar-refractivity contribution is 5.23. The highest BCUT2D eigenvalue weighted by Crippen LogP contribution is 2.08. The highest BCUT2D eigenvalue weighted by atomic mass is 15.1. The first kappa shape index (κ1) is 12.5. The predicted octanol–water partition coefficient (Wildman–Crippen LogP) is 2.00. The molecule has 1 aromatic carbocycles. The van der Waals surface area contributed by atoms with Gasteiger partial charge in [-0.1, -0.05) is 29.8 Å². The molecule has 2 rings (SSSR count). The summed E-state index contributed by atoms with van der Waals surface area (Å²) in [5.41, 5.74) is 9.02. The lowest BCUT2D eigenvalue weighted by Gasteiger charge is -2.16. The van der Waals surface area contributed by atoms with E-state index in [1.54, 1.807) is 12.4 Å². The first-order valence-corrected chi connectivity index (χ1v) is 5.94. The second-order valence-electron chi connectivity index (χ2n) is 4.59. The van der Waals surface area contributed by atoms with Crippen molar-refractivity contribution in [1.29, 1.82) is 0 Å². The Labute approximate surface area is 107 Å². The Kier molecular flexibility index (Phi) is 3.89. The first-order valence-electron chi connectivity index (χ1n) is 5.94. The van der Waals surface area contributed by atoms with E-state index >= 15 is 0 Å². The van der Waals surface area contributed by atoms with Crippen molar-refractivity contribution in [3.05, 3.63) is 53.5 Å². The van der Waals surface area contributed by atoms with E-state index in [-0.39, 0.29) is 0 Å².